The van der Waals surface area contributed by atoms with Crippen LogP contribution in [0.4, 0.5) is 0 Å². The molecule has 1 unspecified atom stereocenters. The first-order valence-electron chi connectivity index (χ1n) is 6.89. The molecule has 1 aliphatic rings. The molecule has 1 saturated heterocycles. The highest BCUT2D eigenvalue weighted by Crippen LogP contribution is 2.26. The Hall–Kier alpha value is -2.64. The summed E-state index contributed by atoms with van der Waals surface area (Å²) in [5.74, 6) is 0.731. The lowest BCUT2D eigenvalue weighted by atomic mass is 10.2. The number of carbonyl (C=O) groups is 2. The summed E-state index contributed by atoms with van der Waals surface area (Å²) < 4.78 is 1.91. The molecule has 3 rings (SSSR count). The summed E-state index contributed by atoms with van der Waals surface area (Å²) in [6.07, 6.45) is 6.13. The first-order chi connectivity index (χ1) is 10.4. The summed E-state index contributed by atoms with van der Waals surface area (Å²) in [6.45, 7) is 3.82. The standard InChI is InChI=1S/C12H15N5O.C2H4O2/c1-8-7-14-10(15-8)11-13-4-6-17(11)9-3-5-16(2)12(9)18;1-2(3)4/h4,6-7,9H,3,5H2,1-2H3,(H,14,15);1H3,(H,3,4). The minimum Gasteiger partial charge on any atom is -0.481 e. The number of imidazole rings is 2. The Bertz CT molecular complexity index is 672. The zero-order valence-corrected chi connectivity index (χ0v) is 12.8. The lowest BCUT2D eigenvalue weighted by Gasteiger charge is -2.13. The number of carbonyl (C=O) groups excluding carboxylic acids is 1. The van der Waals surface area contributed by atoms with Crippen molar-refractivity contribution < 1.29 is 14.7 Å². The molecule has 22 heavy (non-hydrogen) atoms. The van der Waals surface area contributed by atoms with Gasteiger partial charge in [0.25, 0.3) is 5.97 Å². The SMILES string of the molecule is CC(=O)O.Cc1cnc(-c2nccn2C2CCN(C)C2=O)[nH]1. The molecule has 3 heterocycles. The van der Waals surface area contributed by atoms with Crippen LogP contribution in [0.2, 0.25) is 0 Å². The fourth-order valence-electron chi connectivity index (χ4n) is 2.34. The van der Waals surface area contributed by atoms with Crippen LogP contribution in [0.15, 0.2) is 18.6 Å². The molecule has 0 spiro atoms. The molecular weight excluding hydrogens is 286 g/mol. The Balaban J connectivity index is 0.000000396. The molecule has 0 aromatic carbocycles. The molecular formula is C14H19N5O3. The van der Waals surface area contributed by atoms with E-state index in [0.29, 0.717) is 5.82 Å². The van der Waals surface area contributed by atoms with E-state index < -0.39 is 5.97 Å². The fourth-order valence-corrected chi connectivity index (χ4v) is 2.34. The maximum absolute atomic E-state index is 12.0. The van der Waals surface area contributed by atoms with Gasteiger partial charge in [0.05, 0.1) is 0 Å². The number of aromatic nitrogens is 4. The van der Waals surface area contributed by atoms with Gasteiger partial charge in [-0.05, 0) is 13.3 Å². The van der Waals surface area contributed by atoms with Crippen LogP contribution in [0.5, 0.6) is 0 Å². The van der Waals surface area contributed by atoms with Crippen molar-refractivity contribution in [2.45, 2.75) is 26.3 Å². The predicted octanol–water partition coefficient (Wildman–Crippen LogP) is 1.08. The van der Waals surface area contributed by atoms with Crippen molar-refractivity contribution >= 4 is 11.9 Å². The van der Waals surface area contributed by atoms with Crippen LogP contribution in [0.25, 0.3) is 11.6 Å². The van der Waals surface area contributed by atoms with Crippen molar-refractivity contribution in [1.82, 2.24) is 24.4 Å². The number of carboxylic acid groups (broad SMARTS) is 1. The van der Waals surface area contributed by atoms with Gasteiger partial charge in [0.2, 0.25) is 5.91 Å². The summed E-state index contributed by atoms with van der Waals surface area (Å²) >= 11 is 0. The molecule has 1 fully saturated rings. The van der Waals surface area contributed by atoms with Crippen LogP contribution in [-0.4, -0.2) is 55.0 Å². The number of aryl methyl sites for hydroxylation is 1. The molecule has 0 saturated carbocycles. The Morgan fingerprint density at radius 3 is 2.64 bits per heavy atom. The lowest BCUT2D eigenvalue weighted by molar-refractivity contribution is -0.134. The van der Waals surface area contributed by atoms with Gasteiger partial charge in [0.15, 0.2) is 11.6 Å². The fraction of sp³-hybridized carbons (Fsp3) is 0.429. The van der Waals surface area contributed by atoms with Gasteiger partial charge in [-0.2, -0.15) is 0 Å². The van der Waals surface area contributed by atoms with Crippen LogP contribution in [-0.2, 0) is 9.59 Å². The average molecular weight is 305 g/mol. The zero-order chi connectivity index (χ0) is 16.3. The van der Waals surface area contributed by atoms with Crippen LogP contribution in [0.1, 0.15) is 25.1 Å². The van der Waals surface area contributed by atoms with E-state index >= 15 is 0 Å². The van der Waals surface area contributed by atoms with E-state index in [0.717, 1.165) is 31.4 Å². The van der Waals surface area contributed by atoms with E-state index in [-0.39, 0.29) is 11.9 Å². The molecule has 2 N–H and O–H groups in total. The van der Waals surface area contributed by atoms with E-state index in [1.807, 2.05) is 24.7 Å². The smallest absolute Gasteiger partial charge is 0.300 e. The molecule has 0 aliphatic carbocycles. The van der Waals surface area contributed by atoms with E-state index in [1.165, 1.54) is 0 Å². The van der Waals surface area contributed by atoms with Crippen molar-refractivity contribution in [2.75, 3.05) is 13.6 Å². The number of nitrogens with one attached hydrogen (secondary N) is 1. The van der Waals surface area contributed by atoms with E-state index in [4.69, 9.17) is 9.90 Å². The second-order valence-electron chi connectivity index (χ2n) is 5.16. The normalized spacial score (nSPS) is 17.3. The van der Waals surface area contributed by atoms with Crippen molar-refractivity contribution in [3.8, 4) is 11.6 Å². The number of amides is 1. The van der Waals surface area contributed by atoms with Gasteiger partial charge in [0, 0.05) is 44.8 Å². The minimum atomic E-state index is -0.833. The number of likely N-dealkylation sites (tertiary alicyclic amines) is 1. The topological polar surface area (TPSA) is 104 Å². The minimum absolute atomic E-state index is 0.137. The number of aromatic amines is 1. The Labute approximate surface area is 127 Å². The van der Waals surface area contributed by atoms with E-state index in [2.05, 4.69) is 15.0 Å². The number of nitrogens with zero attached hydrogens (tertiary/aromatic N) is 4. The molecule has 8 heteroatoms. The molecule has 1 atom stereocenters. The molecule has 2 aromatic heterocycles. The van der Waals surface area contributed by atoms with E-state index in [1.54, 1.807) is 17.3 Å². The molecule has 2 aromatic rings. The van der Waals surface area contributed by atoms with Gasteiger partial charge in [-0.1, -0.05) is 0 Å². The summed E-state index contributed by atoms with van der Waals surface area (Å²) in [5, 5.41) is 7.42. The van der Waals surface area contributed by atoms with Gasteiger partial charge in [-0.3, -0.25) is 9.59 Å². The quantitative estimate of drug-likeness (QED) is 0.864. The van der Waals surface area contributed by atoms with Crippen LogP contribution in [0.3, 0.4) is 0 Å². The molecule has 1 amide bonds. The summed E-state index contributed by atoms with van der Waals surface area (Å²) in [5.41, 5.74) is 0.981. The van der Waals surface area contributed by atoms with Crippen molar-refractivity contribution in [2.24, 2.45) is 0 Å². The highest BCUT2D eigenvalue weighted by Gasteiger charge is 2.32. The molecule has 1 aliphatic heterocycles. The Morgan fingerprint density at radius 2 is 2.14 bits per heavy atom. The number of hydrogen-bond donors (Lipinski definition) is 2. The van der Waals surface area contributed by atoms with Crippen molar-refractivity contribution in [3.05, 3.63) is 24.3 Å². The first-order valence-corrected chi connectivity index (χ1v) is 6.89. The van der Waals surface area contributed by atoms with Gasteiger partial charge in [-0.15, -0.1) is 0 Å². The third kappa shape index (κ3) is 3.33. The Morgan fingerprint density at radius 1 is 1.45 bits per heavy atom. The number of likely N-dealkylation sites (N-methyl/N-ethyl adjacent to an activating group) is 1. The lowest BCUT2D eigenvalue weighted by Crippen LogP contribution is -2.24. The second kappa shape index (κ2) is 6.42. The maximum Gasteiger partial charge on any atom is 0.300 e. The van der Waals surface area contributed by atoms with Crippen LogP contribution >= 0.6 is 0 Å². The van der Waals surface area contributed by atoms with E-state index in [9.17, 15) is 4.79 Å². The number of carboxylic acids is 1. The largest absolute Gasteiger partial charge is 0.481 e. The van der Waals surface area contributed by atoms with Gasteiger partial charge < -0.3 is 19.6 Å². The molecule has 0 radical (unpaired) electrons. The maximum atomic E-state index is 12.0. The molecule has 0 bridgehead atoms. The summed E-state index contributed by atoms with van der Waals surface area (Å²) in [4.78, 5) is 34.5. The van der Waals surface area contributed by atoms with Crippen LogP contribution in [0, 0.1) is 6.92 Å². The first kappa shape index (κ1) is 15.7. The number of hydrogen-bond acceptors (Lipinski definition) is 4. The van der Waals surface area contributed by atoms with Crippen LogP contribution < -0.4 is 0 Å². The number of H-pyrrole nitrogens is 1. The average Bonchev–Trinajstić information content (AvgIpc) is 3.11. The second-order valence-corrected chi connectivity index (χ2v) is 5.16. The van der Waals surface area contributed by atoms with Crippen molar-refractivity contribution in [3.63, 3.8) is 0 Å². The molecule has 8 nitrogen and oxygen atoms in total. The highest BCUT2D eigenvalue weighted by molar-refractivity contribution is 5.82. The third-order valence-corrected chi connectivity index (χ3v) is 3.32. The van der Waals surface area contributed by atoms with Gasteiger partial charge in [0.1, 0.15) is 6.04 Å². The predicted molar refractivity (Wildman–Crippen MR) is 79.1 cm³/mol. The Kier molecular flexibility index (Phi) is 4.59. The zero-order valence-electron chi connectivity index (χ0n) is 12.8. The van der Waals surface area contributed by atoms with Gasteiger partial charge >= 0.3 is 0 Å². The molecule has 118 valence electrons. The monoisotopic (exact) mass is 305 g/mol. The van der Waals surface area contributed by atoms with Crippen molar-refractivity contribution in [1.29, 1.82) is 0 Å². The number of aliphatic carboxylic acids is 1. The summed E-state index contributed by atoms with van der Waals surface area (Å²) in [7, 11) is 1.83. The van der Waals surface area contributed by atoms with Gasteiger partial charge in [-0.25, -0.2) is 9.97 Å². The highest BCUT2D eigenvalue weighted by atomic mass is 16.4. The third-order valence-electron chi connectivity index (χ3n) is 3.32. The summed E-state index contributed by atoms with van der Waals surface area (Å²) in [6, 6.07) is -0.155. The number of rotatable bonds is 2.